The molecule has 0 aromatic heterocycles. The zero-order valence-electron chi connectivity index (χ0n) is 29.2. The number of benzene rings is 3. The first-order valence-corrected chi connectivity index (χ1v) is 17.4. The highest BCUT2D eigenvalue weighted by atomic mass is 16.5. The number of aliphatic hydroxyl groups is 1. The van der Waals surface area contributed by atoms with Gasteiger partial charge in [0.1, 0.15) is 17.3 Å². The molecule has 49 heavy (non-hydrogen) atoms. The number of amides is 3. The van der Waals surface area contributed by atoms with Gasteiger partial charge in [0.2, 0.25) is 11.8 Å². The van der Waals surface area contributed by atoms with E-state index in [0.29, 0.717) is 45.2 Å². The Morgan fingerprint density at radius 3 is 2.29 bits per heavy atom. The van der Waals surface area contributed by atoms with Crippen molar-refractivity contribution in [3.63, 3.8) is 0 Å². The lowest BCUT2D eigenvalue weighted by Gasteiger charge is -2.36. The molecule has 0 spiro atoms. The fourth-order valence-electron chi connectivity index (χ4n) is 6.55. The summed E-state index contributed by atoms with van der Waals surface area (Å²) in [4.78, 5) is 43.0. The summed E-state index contributed by atoms with van der Waals surface area (Å²) in [5, 5.41) is 20.8. The third-order valence-corrected chi connectivity index (χ3v) is 9.58. The highest BCUT2D eigenvalue weighted by Gasteiger charge is 2.53. The van der Waals surface area contributed by atoms with Gasteiger partial charge >= 0.3 is 6.09 Å². The minimum absolute atomic E-state index is 0.182. The van der Waals surface area contributed by atoms with Crippen molar-refractivity contribution < 1.29 is 29.0 Å². The monoisotopic (exact) mass is 672 g/mol. The number of aliphatic hydroxyl groups excluding tert-OH is 1. The third-order valence-electron chi connectivity index (χ3n) is 9.58. The van der Waals surface area contributed by atoms with Crippen molar-refractivity contribution in [3.05, 3.63) is 102 Å². The topological polar surface area (TPSA) is 129 Å². The molecular weight excluding hydrogens is 620 g/mol. The van der Waals surface area contributed by atoms with Crippen LogP contribution in [0.25, 0.3) is 0 Å². The maximum atomic E-state index is 14.4. The third kappa shape index (κ3) is 10.1. The predicted octanol–water partition coefficient (Wildman–Crippen LogP) is 4.64. The van der Waals surface area contributed by atoms with Gasteiger partial charge in [-0.1, -0.05) is 93.1 Å². The summed E-state index contributed by atoms with van der Waals surface area (Å²) in [6.07, 6.45) is 0.784. The van der Waals surface area contributed by atoms with Gasteiger partial charge in [-0.3, -0.25) is 9.59 Å². The van der Waals surface area contributed by atoms with Gasteiger partial charge in [0, 0.05) is 19.6 Å². The van der Waals surface area contributed by atoms with Crippen LogP contribution in [0, 0.1) is 5.92 Å². The van der Waals surface area contributed by atoms with E-state index in [1.165, 1.54) is 0 Å². The molecule has 1 heterocycles. The smallest absolute Gasteiger partial charge is 0.407 e. The number of carbonyl (C=O) groups excluding carboxylic acids is 3. The molecule has 3 amide bonds. The van der Waals surface area contributed by atoms with E-state index in [4.69, 9.17) is 9.47 Å². The summed E-state index contributed by atoms with van der Waals surface area (Å²) in [6.45, 7) is 6.86. The Labute approximate surface area is 290 Å². The van der Waals surface area contributed by atoms with Crippen LogP contribution in [0.4, 0.5) is 4.79 Å². The Kier molecular flexibility index (Phi) is 14.0. The number of likely N-dealkylation sites (tertiary alicyclic amines) is 1. The number of ether oxygens (including phenoxy) is 2. The van der Waals surface area contributed by atoms with Crippen LogP contribution in [0.15, 0.2) is 84.9 Å². The lowest BCUT2D eigenvalue weighted by molar-refractivity contribution is -0.142. The molecule has 5 atom stereocenters. The molecule has 4 rings (SSSR count). The molecule has 0 unspecified atom stereocenters. The van der Waals surface area contributed by atoms with Crippen molar-refractivity contribution in [1.29, 1.82) is 0 Å². The van der Waals surface area contributed by atoms with Gasteiger partial charge in [-0.15, -0.1) is 0 Å². The number of carbonyl (C=O) groups is 3. The van der Waals surface area contributed by atoms with Gasteiger partial charge in [-0.05, 0) is 67.3 Å². The first-order valence-electron chi connectivity index (χ1n) is 17.4. The molecule has 1 aliphatic rings. The van der Waals surface area contributed by atoms with Gasteiger partial charge in [0.25, 0.3) is 0 Å². The molecule has 4 N–H and O–H groups in total. The normalized spacial score (nSPS) is 18.3. The molecule has 0 saturated carbocycles. The van der Waals surface area contributed by atoms with Crippen molar-refractivity contribution >= 4 is 17.9 Å². The SMILES string of the molecule is CCOC(=O)N[C@]1([C@@H](C)CC)CCN([C@@H](CCc2ccccc2)C(=O)N[C@@H](Cc2ccccc2)[C@H](O)CNCc2cccc(OC)c2)C1=O. The Bertz CT molecular complexity index is 1490. The first-order chi connectivity index (χ1) is 23.7. The van der Waals surface area contributed by atoms with Crippen molar-refractivity contribution in [2.45, 2.75) is 83.1 Å². The molecule has 0 bridgehead atoms. The highest BCUT2D eigenvalue weighted by molar-refractivity contribution is 5.96. The predicted molar refractivity (Wildman–Crippen MR) is 190 cm³/mol. The number of aryl methyl sites for hydroxylation is 1. The molecule has 10 heteroatoms. The Hall–Kier alpha value is -4.41. The largest absolute Gasteiger partial charge is 0.497 e. The van der Waals surface area contributed by atoms with Crippen molar-refractivity contribution in [2.24, 2.45) is 5.92 Å². The average molecular weight is 673 g/mol. The molecule has 0 aliphatic carbocycles. The number of nitrogens with zero attached hydrogens (tertiary/aromatic N) is 1. The molecule has 1 saturated heterocycles. The van der Waals surface area contributed by atoms with Gasteiger partial charge < -0.3 is 35.4 Å². The van der Waals surface area contributed by atoms with Crippen LogP contribution in [0.2, 0.25) is 0 Å². The fraction of sp³-hybridized carbons (Fsp3) is 0.462. The molecular formula is C39H52N4O6. The second kappa shape index (κ2) is 18.4. The van der Waals surface area contributed by atoms with Gasteiger partial charge in [0.05, 0.1) is 25.9 Å². The van der Waals surface area contributed by atoms with Crippen LogP contribution < -0.4 is 20.7 Å². The van der Waals surface area contributed by atoms with E-state index in [0.717, 1.165) is 22.4 Å². The van der Waals surface area contributed by atoms with E-state index >= 15 is 0 Å². The standard InChI is InChI=1S/C39H52N4O6/c1-5-28(3)39(42-38(47)49-6-2)22-23-43(37(39)46)34(21-20-29-14-9-7-10-15-29)36(45)41-33(25-30-16-11-8-12-17-30)35(44)27-40-26-31-18-13-19-32(24-31)48-4/h7-19,24,28,33-35,40,44H,5-6,20-23,25-27H2,1-4H3,(H,41,45)(H,42,47)/t28-,33-,34-,35+,39-/m0/s1. The van der Waals surface area contributed by atoms with Crippen LogP contribution in [0.5, 0.6) is 5.75 Å². The zero-order chi connectivity index (χ0) is 35.2. The summed E-state index contributed by atoms with van der Waals surface area (Å²) in [6, 6.07) is 25.8. The fourth-order valence-corrected chi connectivity index (χ4v) is 6.55. The van der Waals surface area contributed by atoms with E-state index in [1.54, 1.807) is 18.9 Å². The first kappa shape index (κ1) is 37.4. The van der Waals surface area contributed by atoms with Crippen molar-refractivity contribution in [3.8, 4) is 5.75 Å². The Morgan fingerprint density at radius 2 is 1.63 bits per heavy atom. The summed E-state index contributed by atoms with van der Waals surface area (Å²) >= 11 is 0. The summed E-state index contributed by atoms with van der Waals surface area (Å²) in [7, 11) is 1.62. The number of hydrogen-bond acceptors (Lipinski definition) is 7. The number of hydrogen-bond donors (Lipinski definition) is 4. The van der Waals surface area contributed by atoms with Crippen LogP contribution in [0.1, 0.15) is 56.7 Å². The number of methoxy groups -OCH3 is 1. The quantitative estimate of drug-likeness (QED) is 0.155. The van der Waals surface area contributed by atoms with Crippen LogP contribution >= 0.6 is 0 Å². The number of alkyl carbamates (subject to hydrolysis) is 1. The van der Waals surface area contributed by atoms with E-state index in [-0.39, 0.29) is 30.9 Å². The maximum absolute atomic E-state index is 14.4. The molecule has 3 aromatic carbocycles. The summed E-state index contributed by atoms with van der Waals surface area (Å²) in [5.41, 5.74) is 1.84. The van der Waals surface area contributed by atoms with Crippen LogP contribution in [0.3, 0.4) is 0 Å². The van der Waals surface area contributed by atoms with E-state index < -0.39 is 29.8 Å². The van der Waals surface area contributed by atoms with E-state index in [1.807, 2.05) is 98.8 Å². The number of rotatable bonds is 18. The Balaban J connectivity index is 1.57. The highest BCUT2D eigenvalue weighted by Crippen LogP contribution is 2.35. The lowest BCUT2D eigenvalue weighted by atomic mass is 9.82. The molecule has 264 valence electrons. The molecule has 0 radical (unpaired) electrons. The van der Waals surface area contributed by atoms with Crippen LogP contribution in [-0.4, -0.2) is 78.4 Å². The average Bonchev–Trinajstić information content (AvgIpc) is 3.44. The van der Waals surface area contributed by atoms with Crippen molar-refractivity contribution in [1.82, 2.24) is 20.9 Å². The van der Waals surface area contributed by atoms with Gasteiger partial charge in [-0.25, -0.2) is 4.79 Å². The number of nitrogens with one attached hydrogen (secondary N) is 3. The zero-order valence-corrected chi connectivity index (χ0v) is 29.2. The second-order valence-electron chi connectivity index (χ2n) is 12.8. The maximum Gasteiger partial charge on any atom is 0.407 e. The molecule has 1 aliphatic heterocycles. The molecule has 10 nitrogen and oxygen atoms in total. The molecule has 3 aromatic rings. The van der Waals surface area contributed by atoms with Crippen molar-refractivity contribution in [2.75, 3.05) is 26.8 Å². The van der Waals surface area contributed by atoms with E-state index in [2.05, 4.69) is 16.0 Å². The minimum Gasteiger partial charge on any atom is -0.497 e. The molecule has 1 fully saturated rings. The minimum atomic E-state index is -1.18. The summed E-state index contributed by atoms with van der Waals surface area (Å²) < 4.78 is 10.5. The van der Waals surface area contributed by atoms with Gasteiger partial charge in [-0.2, -0.15) is 0 Å². The van der Waals surface area contributed by atoms with Gasteiger partial charge in [0.15, 0.2) is 0 Å². The lowest BCUT2D eigenvalue weighted by Crippen LogP contribution is -2.61. The second-order valence-corrected chi connectivity index (χ2v) is 12.8. The summed E-state index contributed by atoms with van der Waals surface area (Å²) in [5.74, 6) is -0.0613. The van der Waals surface area contributed by atoms with E-state index in [9.17, 15) is 19.5 Å². The van der Waals surface area contributed by atoms with Crippen LogP contribution in [-0.2, 0) is 33.7 Å². The Morgan fingerprint density at radius 1 is 0.959 bits per heavy atom.